The fraction of sp³-hybridized carbons (Fsp3) is 0.167. The van der Waals surface area contributed by atoms with E-state index in [1.807, 2.05) is 13.0 Å². The van der Waals surface area contributed by atoms with Crippen LogP contribution < -0.4 is 0 Å². The summed E-state index contributed by atoms with van der Waals surface area (Å²) in [5, 5.41) is 4.44. The molecule has 3 aromatic rings. The lowest BCUT2D eigenvalue weighted by atomic mass is 10.2. The first-order chi connectivity index (χ1) is 12.1. The van der Waals surface area contributed by atoms with Crippen molar-refractivity contribution >= 4 is 17.7 Å². The van der Waals surface area contributed by atoms with Crippen molar-refractivity contribution in [1.29, 1.82) is 0 Å². The highest BCUT2D eigenvalue weighted by Gasteiger charge is 2.16. The Morgan fingerprint density at radius 3 is 2.88 bits per heavy atom. The van der Waals surface area contributed by atoms with E-state index in [2.05, 4.69) is 10.1 Å². The Labute approximate surface area is 148 Å². The smallest absolute Gasteiger partial charge is 0.341 e. The zero-order valence-electron chi connectivity index (χ0n) is 13.4. The number of carbonyl (C=O) groups excluding carboxylic acids is 1. The lowest BCUT2D eigenvalue weighted by Gasteiger charge is -2.08. The number of aromatic nitrogens is 2. The highest BCUT2D eigenvalue weighted by atomic mass is 32.2. The third-order valence-electron chi connectivity index (χ3n) is 3.34. The van der Waals surface area contributed by atoms with E-state index in [4.69, 9.17) is 9.26 Å². The summed E-state index contributed by atoms with van der Waals surface area (Å²) in [5.41, 5.74) is 1.43. The zero-order valence-corrected chi connectivity index (χ0v) is 14.3. The van der Waals surface area contributed by atoms with Gasteiger partial charge in [-0.25, -0.2) is 14.2 Å². The average Bonchev–Trinajstić information content (AvgIpc) is 3.04. The van der Waals surface area contributed by atoms with Gasteiger partial charge >= 0.3 is 5.97 Å². The third kappa shape index (κ3) is 4.45. The molecule has 0 unspecified atom stereocenters. The monoisotopic (exact) mass is 358 g/mol. The maximum atomic E-state index is 13.6. The second kappa shape index (κ2) is 7.94. The van der Waals surface area contributed by atoms with Crippen molar-refractivity contribution in [2.24, 2.45) is 0 Å². The quantitative estimate of drug-likeness (QED) is 0.487. The summed E-state index contributed by atoms with van der Waals surface area (Å²) in [6, 6.07) is 11.3. The van der Waals surface area contributed by atoms with E-state index in [0.29, 0.717) is 21.9 Å². The normalized spacial score (nSPS) is 10.6. The highest BCUT2D eigenvalue weighted by molar-refractivity contribution is 7.98. The van der Waals surface area contributed by atoms with Crippen LogP contribution in [0.2, 0.25) is 0 Å². The van der Waals surface area contributed by atoms with Crippen molar-refractivity contribution in [3.63, 3.8) is 0 Å². The fourth-order valence-corrected chi connectivity index (χ4v) is 2.99. The lowest BCUT2D eigenvalue weighted by molar-refractivity contribution is 0.0464. The van der Waals surface area contributed by atoms with Crippen molar-refractivity contribution in [3.05, 3.63) is 77.1 Å². The van der Waals surface area contributed by atoms with Crippen LogP contribution in [0, 0.1) is 12.7 Å². The van der Waals surface area contributed by atoms with Crippen molar-refractivity contribution in [2.45, 2.75) is 24.3 Å². The van der Waals surface area contributed by atoms with Crippen LogP contribution in [-0.2, 0) is 17.1 Å². The number of nitrogens with zero attached hydrogens (tertiary/aromatic N) is 2. The number of carbonyl (C=O) groups is 1. The standard InChI is InChI=1S/C18H15FN2O3S/c1-12-9-14(21-24-12)11-25-17-15(6-4-8-20-17)18(22)23-10-13-5-2-3-7-16(13)19/h2-9H,10-11H2,1H3. The Morgan fingerprint density at radius 1 is 1.28 bits per heavy atom. The largest absolute Gasteiger partial charge is 0.457 e. The van der Waals surface area contributed by atoms with E-state index in [-0.39, 0.29) is 6.61 Å². The van der Waals surface area contributed by atoms with Crippen LogP contribution in [0.15, 0.2) is 58.2 Å². The second-order valence-corrected chi connectivity index (χ2v) is 6.21. The Morgan fingerprint density at radius 2 is 2.12 bits per heavy atom. The number of hydrogen-bond donors (Lipinski definition) is 0. The summed E-state index contributed by atoms with van der Waals surface area (Å²) in [5.74, 6) is 0.288. The number of benzene rings is 1. The molecule has 0 amide bonds. The Balaban J connectivity index is 1.67. The van der Waals surface area contributed by atoms with E-state index in [1.165, 1.54) is 17.8 Å². The molecule has 128 valence electrons. The Hall–Kier alpha value is -2.67. The molecule has 0 radical (unpaired) electrons. The van der Waals surface area contributed by atoms with Crippen LogP contribution >= 0.6 is 11.8 Å². The van der Waals surface area contributed by atoms with Gasteiger partial charge in [0.15, 0.2) is 0 Å². The molecule has 0 aliphatic carbocycles. The van der Waals surface area contributed by atoms with Gasteiger partial charge in [0.25, 0.3) is 0 Å². The van der Waals surface area contributed by atoms with E-state index in [9.17, 15) is 9.18 Å². The zero-order chi connectivity index (χ0) is 17.6. The number of hydrogen-bond acceptors (Lipinski definition) is 6. The number of thioether (sulfide) groups is 1. The molecule has 0 saturated heterocycles. The maximum Gasteiger partial charge on any atom is 0.341 e. The fourth-order valence-electron chi connectivity index (χ4n) is 2.13. The van der Waals surface area contributed by atoms with Gasteiger partial charge in [-0.3, -0.25) is 0 Å². The van der Waals surface area contributed by atoms with Gasteiger partial charge in [-0.15, -0.1) is 0 Å². The van der Waals surface area contributed by atoms with Gasteiger partial charge in [0, 0.05) is 23.6 Å². The van der Waals surface area contributed by atoms with Crippen molar-refractivity contribution in [3.8, 4) is 0 Å². The molecule has 0 spiro atoms. The van der Waals surface area contributed by atoms with Crippen LogP contribution in [0.1, 0.15) is 27.4 Å². The van der Waals surface area contributed by atoms with Gasteiger partial charge in [-0.1, -0.05) is 35.1 Å². The van der Waals surface area contributed by atoms with Gasteiger partial charge in [-0.2, -0.15) is 0 Å². The molecule has 0 N–H and O–H groups in total. The molecule has 0 aliphatic rings. The molecular formula is C18H15FN2O3S. The first-order valence-corrected chi connectivity index (χ1v) is 8.52. The van der Waals surface area contributed by atoms with Gasteiger partial charge < -0.3 is 9.26 Å². The van der Waals surface area contributed by atoms with Gasteiger partial charge in [0.1, 0.15) is 23.2 Å². The first-order valence-electron chi connectivity index (χ1n) is 7.54. The Bertz CT molecular complexity index is 882. The molecule has 7 heteroatoms. The number of pyridine rings is 1. The first kappa shape index (κ1) is 17.2. The molecule has 25 heavy (non-hydrogen) atoms. The van der Waals surface area contributed by atoms with Crippen LogP contribution in [0.4, 0.5) is 4.39 Å². The van der Waals surface area contributed by atoms with Crippen LogP contribution in [-0.4, -0.2) is 16.1 Å². The number of halogens is 1. The molecule has 2 aromatic heterocycles. The summed E-state index contributed by atoms with van der Waals surface area (Å²) in [4.78, 5) is 16.6. The SMILES string of the molecule is Cc1cc(CSc2ncccc2C(=O)OCc2ccccc2F)no1. The minimum absolute atomic E-state index is 0.132. The van der Waals surface area contributed by atoms with Crippen LogP contribution in [0.3, 0.4) is 0 Å². The minimum Gasteiger partial charge on any atom is -0.457 e. The van der Waals surface area contributed by atoms with Crippen molar-refractivity contribution in [2.75, 3.05) is 0 Å². The summed E-state index contributed by atoms with van der Waals surface area (Å²) in [7, 11) is 0. The van der Waals surface area contributed by atoms with Gasteiger partial charge in [0.05, 0.1) is 11.3 Å². The number of ether oxygens (including phenoxy) is 1. The molecular weight excluding hydrogens is 343 g/mol. The molecule has 0 atom stereocenters. The molecule has 5 nitrogen and oxygen atoms in total. The van der Waals surface area contributed by atoms with E-state index in [0.717, 1.165) is 11.5 Å². The second-order valence-electron chi connectivity index (χ2n) is 5.24. The predicted molar refractivity (Wildman–Crippen MR) is 90.6 cm³/mol. The molecule has 3 rings (SSSR count). The summed E-state index contributed by atoms with van der Waals surface area (Å²) < 4.78 is 23.9. The minimum atomic E-state index is -0.546. The molecule has 0 saturated carbocycles. The summed E-state index contributed by atoms with van der Waals surface area (Å²) in [6.45, 7) is 1.68. The van der Waals surface area contributed by atoms with Crippen LogP contribution in [0.25, 0.3) is 0 Å². The molecule has 2 heterocycles. The Kier molecular flexibility index (Phi) is 5.45. The van der Waals surface area contributed by atoms with Crippen molar-refractivity contribution in [1.82, 2.24) is 10.1 Å². The van der Waals surface area contributed by atoms with E-state index >= 15 is 0 Å². The van der Waals surface area contributed by atoms with Gasteiger partial charge in [-0.05, 0) is 25.1 Å². The topological polar surface area (TPSA) is 65.2 Å². The molecule has 0 aliphatic heterocycles. The number of aryl methyl sites for hydroxylation is 1. The summed E-state index contributed by atoms with van der Waals surface area (Å²) in [6.07, 6.45) is 1.60. The lowest BCUT2D eigenvalue weighted by Crippen LogP contribution is -2.08. The number of esters is 1. The average molecular weight is 358 g/mol. The van der Waals surface area contributed by atoms with E-state index < -0.39 is 11.8 Å². The highest BCUT2D eigenvalue weighted by Crippen LogP contribution is 2.25. The van der Waals surface area contributed by atoms with Crippen LogP contribution in [0.5, 0.6) is 0 Å². The van der Waals surface area contributed by atoms with Crippen molar-refractivity contribution < 1.29 is 18.4 Å². The molecule has 0 fully saturated rings. The summed E-state index contributed by atoms with van der Waals surface area (Å²) >= 11 is 1.36. The third-order valence-corrected chi connectivity index (χ3v) is 4.38. The predicted octanol–water partition coefficient (Wildman–Crippen LogP) is 4.17. The molecule has 1 aromatic carbocycles. The number of rotatable bonds is 6. The maximum absolute atomic E-state index is 13.6. The van der Waals surface area contributed by atoms with Gasteiger partial charge in [0.2, 0.25) is 0 Å². The molecule has 0 bridgehead atoms. The van der Waals surface area contributed by atoms with E-state index in [1.54, 1.807) is 36.5 Å².